The Morgan fingerprint density at radius 3 is 2.75 bits per heavy atom. The lowest BCUT2D eigenvalue weighted by Crippen LogP contribution is -2.70. The van der Waals surface area contributed by atoms with Crippen LogP contribution >= 0.6 is 23.1 Å². The number of benzene rings is 1. The lowest BCUT2D eigenvalue weighted by molar-refractivity contribution is -0.153. The van der Waals surface area contributed by atoms with Gasteiger partial charge in [-0.25, -0.2) is 4.79 Å². The molecule has 1 aromatic carbocycles. The first-order chi connectivity index (χ1) is 25.5. The van der Waals surface area contributed by atoms with Gasteiger partial charge in [0.05, 0.1) is 13.0 Å². The van der Waals surface area contributed by atoms with Crippen LogP contribution in [0.1, 0.15) is 88.6 Å². The predicted octanol–water partition coefficient (Wildman–Crippen LogP) is 7.78. The summed E-state index contributed by atoms with van der Waals surface area (Å²) < 4.78 is 12.0. The molecule has 5 rings (SSSR count). The number of allylic oxidation sites excluding steroid dienone is 3. The summed E-state index contributed by atoms with van der Waals surface area (Å²) in [4.78, 5) is 41.9. The molecule has 3 N–H and O–H groups in total. The second-order valence-electron chi connectivity index (χ2n) is 14.8. The number of fused-ring (bicyclic) bond motifs is 1. The molecule has 4 atom stereocenters. The molecule has 2 amide bonds. The van der Waals surface area contributed by atoms with Crippen molar-refractivity contribution in [3.05, 3.63) is 93.0 Å². The van der Waals surface area contributed by atoms with Gasteiger partial charge in [-0.2, -0.15) is 0 Å². The van der Waals surface area contributed by atoms with Crippen molar-refractivity contribution < 1.29 is 29.0 Å². The number of esters is 1. The van der Waals surface area contributed by atoms with Crippen LogP contribution in [0.4, 0.5) is 0 Å². The first-order valence-corrected chi connectivity index (χ1v) is 20.8. The number of amides is 2. The van der Waals surface area contributed by atoms with Gasteiger partial charge in [0.25, 0.3) is 5.91 Å². The zero-order chi connectivity index (χ0) is 38.1. The van der Waals surface area contributed by atoms with E-state index >= 15 is 0 Å². The Bertz CT molecular complexity index is 1730. The third-order valence-electron chi connectivity index (χ3n) is 9.87. The SMILES string of the molecule is C=C(C)[C@@H]1CCC(C)=C[C@H]1c1c(O)cc(CCCCC)cc1OC/C=C/NCC1=C(C(=O)OCC(C)C)N2C(=O)[C@@H](NC(=O)Cc3cccs3)[C@H]2SC1. The van der Waals surface area contributed by atoms with Crippen LogP contribution in [-0.4, -0.2) is 64.7 Å². The van der Waals surface area contributed by atoms with E-state index in [0.717, 1.165) is 65.7 Å². The van der Waals surface area contributed by atoms with Gasteiger partial charge in [-0.3, -0.25) is 14.5 Å². The Kier molecular flexibility index (Phi) is 14.3. The van der Waals surface area contributed by atoms with E-state index in [1.165, 1.54) is 33.6 Å². The molecule has 1 saturated heterocycles. The Morgan fingerprint density at radius 1 is 1.23 bits per heavy atom. The van der Waals surface area contributed by atoms with Crippen LogP contribution in [0.2, 0.25) is 0 Å². The minimum atomic E-state index is -0.694. The molecule has 53 heavy (non-hydrogen) atoms. The molecule has 0 radical (unpaired) electrons. The predicted molar refractivity (Wildman–Crippen MR) is 214 cm³/mol. The normalized spacial score (nSPS) is 21.3. The average molecular weight is 762 g/mol. The van der Waals surface area contributed by atoms with Gasteiger partial charge < -0.3 is 25.2 Å². The Balaban J connectivity index is 1.27. The number of phenolic OH excluding ortho intramolecular Hbond substituents is 1. The van der Waals surface area contributed by atoms with Gasteiger partial charge in [-0.1, -0.05) is 63.5 Å². The van der Waals surface area contributed by atoms with E-state index in [0.29, 0.717) is 18.0 Å². The maximum atomic E-state index is 13.4. The largest absolute Gasteiger partial charge is 0.507 e. The van der Waals surface area contributed by atoms with Crippen molar-refractivity contribution in [1.29, 1.82) is 0 Å². The van der Waals surface area contributed by atoms with Gasteiger partial charge in [0, 0.05) is 28.7 Å². The maximum absolute atomic E-state index is 13.4. The molecular formula is C42H55N3O6S2. The molecule has 2 aromatic rings. The minimum Gasteiger partial charge on any atom is -0.507 e. The molecule has 1 aliphatic carbocycles. The van der Waals surface area contributed by atoms with E-state index < -0.39 is 12.0 Å². The number of nitrogens with zero attached hydrogens (tertiary/aromatic N) is 1. The maximum Gasteiger partial charge on any atom is 0.355 e. The van der Waals surface area contributed by atoms with Crippen molar-refractivity contribution in [3.63, 3.8) is 0 Å². The number of aromatic hydroxyl groups is 1. The first-order valence-electron chi connectivity index (χ1n) is 18.8. The highest BCUT2D eigenvalue weighted by molar-refractivity contribution is 8.00. The van der Waals surface area contributed by atoms with E-state index in [1.807, 2.05) is 43.5 Å². The number of thioether (sulfide) groups is 1. The lowest BCUT2D eigenvalue weighted by atomic mass is 9.73. The summed E-state index contributed by atoms with van der Waals surface area (Å²) in [7, 11) is 0. The first kappa shape index (κ1) is 40.2. The molecule has 3 heterocycles. The molecule has 1 fully saturated rings. The van der Waals surface area contributed by atoms with E-state index in [-0.39, 0.29) is 66.0 Å². The number of β-lactam (4-membered cyclic amide) rings is 1. The number of hydrogen-bond acceptors (Lipinski definition) is 9. The van der Waals surface area contributed by atoms with Crippen LogP contribution in [0.3, 0.4) is 0 Å². The monoisotopic (exact) mass is 761 g/mol. The van der Waals surface area contributed by atoms with Gasteiger partial charge in [0.1, 0.15) is 35.2 Å². The summed E-state index contributed by atoms with van der Waals surface area (Å²) in [6.45, 7) is 15.4. The van der Waals surface area contributed by atoms with Crippen molar-refractivity contribution in [1.82, 2.24) is 15.5 Å². The lowest BCUT2D eigenvalue weighted by Gasteiger charge is -2.49. The van der Waals surface area contributed by atoms with E-state index in [4.69, 9.17) is 9.47 Å². The molecule has 0 saturated carbocycles. The Morgan fingerprint density at radius 2 is 2.04 bits per heavy atom. The summed E-state index contributed by atoms with van der Waals surface area (Å²) in [5.41, 5.74) is 5.27. The quantitative estimate of drug-likeness (QED) is 0.0611. The van der Waals surface area contributed by atoms with Crippen LogP contribution in [0.15, 0.2) is 77.0 Å². The summed E-state index contributed by atoms with van der Waals surface area (Å²) in [5, 5.41) is 19.1. The van der Waals surface area contributed by atoms with E-state index in [9.17, 15) is 19.5 Å². The molecule has 11 heteroatoms. The third kappa shape index (κ3) is 10.2. The minimum absolute atomic E-state index is 0.0189. The molecular weight excluding hydrogens is 707 g/mol. The number of hydrogen-bond donors (Lipinski definition) is 3. The van der Waals surface area contributed by atoms with Crippen LogP contribution in [0.25, 0.3) is 0 Å². The molecule has 0 unspecified atom stereocenters. The molecule has 1 aromatic heterocycles. The zero-order valence-electron chi connectivity index (χ0n) is 31.7. The topological polar surface area (TPSA) is 117 Å². The number of unbranched alkanes of at least 4 members (excludes halogenated alkanes) is 2. The van der Waals surface area contributed by atoms with Gasteiger partial charge in [-0.05, 0) is 98.4 Å². The van der Waals surface area contributed by atoms with Gasteiger partial charge in [-0.15, -0.1) is 23.1 Å². The smallest absolute Gasteiger partial charge is 0.355 e. The number of carbonyl (C=O) groups is 3. The van der Waals surface area contributed by atoms with Crippen molar-refractivity contribution in [3.8, 4) is 11.5 Å². The zero-order valence-corrected chi connectivity index (χ0v) is 33.4. The molecule has 9 nitrogen and oxygen atoms in total. The number of aryl methyl sites for hydroxylation is 1. The number of carbonyl (C=O) groups excluding carboxylic acids is 3. The second-order valence-corrected chi connectivity index (χ2v) is 16.9. The highest BCUT2D eigenvalue weighted by atomic mass is 32.2. The van der Waals surface area contributed by atoms with Gasteiger partial charge in [0.2, 0.25) is 5.91 Å². The van der Waals surface area contributed by atoms with Crippen LogP contribution in [0, 0.1) is 11.8 Å². The van der Waals surface area contributed by atoms with Crippen molar-refractivity contribution in [2.75, 3.05) is 25.5 Å². The summed E-state index contributed by atoms with van der Waals surface area (Å²) >= 11 is 3.02. The number of ether oxygens (including phenoxy) is 2. The van der Waals surface area contributed by atoms with Gasteiger partial charge in [0.15, 0.2) is 0 Å². The number of thiophene rings is 1. The standard InChI is InChI=1S/C42H55N3O6S2/c1-7-8-9-12-29-20-34(46)37(33-19-28(6)14-15-32(33)27(4)5)35(21-29)50-17-11-16-43-23-30-25-53-41-38(44-36(47)22-31-13-10-18-52-31)40(48)45(41)39(30)42(49)51-24-26(2)3/h10-11,13,16,18-21,26,32-33,38,41,43,46H,4,7-9,12,14-15,17,22-25H2,1-3,5-6H3,(H,44,47)/b16-11+/t32-,33+,38+,41+/m0/s1. The highest BCUT2D eigenvalue weighted by Crippen LogP contribution is 2.47. The second kappa shape index (κ2) is 18.9. The van der Waals surface area contributed by atoms with E-state index in [1.54, 1.807) is 6.20 Å². The number of phenols is 1. The molecule has 3 aliphatic rings. The van der Waals surface area contributed by atoms with Crippen molar-refractivity contribution >= 4 is 40.9 Å². The molecule has 286 valence electrons. The van der Waals surface area contributed by atoms with Crippen molar-refractivity contribution in [2.24, 2.45) is 11.8 Å². The summed E-state index contributed by atoms with van der Waals surface area (Å²) in [6.07, 6.45) is 12.3. The van der Waals surface area contributed by atoms with Crippen LogP contribution < -0.4 is 15.4 Å². The van der Waals surface area contributed by atoms with Crippen molar-refractivity contribution in [2.45, 2.75) is 96.9 Å². The Labute approximate surface area is 323 Å². The fraction of sp³-hybridized carbons (Fsp3) is 0.500. The van der Waals surface area contributed by atoms with Crippen LogP contribution in [0.5, 0.6) is 11.5 Å². The fourth-order valence-electron chi connectivity index (χ4n) is 7.12. The van der Waals surface area contributed by atoms with Gasteiger partial charge >= 0.3 is 5.97 Å². The summed E-state index contributed by atoms with van der Waals surface area (Å²) in [6, 6.07) is 7.07. The number of rotatable bonds is 18. The third-order valence-corrected chi connectivity index (χ3v) is 12.1. The molecule has 0 bridgehead atoms. The molecule has 2 aliphatic heterocycles. The fourth-order valence-corrected chi connectivity index (χ4v) is 9.17. The average Bonchev–Trinajstić information content (AvgIpc) is 3.63. The summed E-state index contributed by atoms with van der Waals surface area (Å²) in [5.74, 6) is 0.723. The number of nitrogens with one attached hydrogen (secondary N) is 2. The highest BCUT2D eigenvalue weighted by Gasteiger charge is 2.54. The molecule has 0 spiro atoms. The Hall–Kier alpha value is -3.96. The van der Waals surface area contributed by atoms with E-state index in [2.05, 4.69) is 50.1 Å². The van der Waals surface area contributed by atoms with Crippen LogP contribution in [-0.2, 0) is 32.0 Å².